The summed E-state index contributed by atoms with van der Waals surface area (Å²) in [5.74, 6) is -0.267. The third-order valence-electron chi connectivity index (χ3n) is 1.84. The third kappa shape index (κ3) is 4.45. The van der Waals surface area contributed by atoms with Gasteiger partial charge < -0.3 is 4.74 Å². The van der Waals surface area contributed by atoms with Gasteiger partial charge in [-0.1, -0.05) is 37.3 Å². The molecule has 2 amide bonds. The monoisotopic (exact) mass is 222 g/mol. The van der Waals surface area contributed by atoms with E-state index in [0.717, 1.165) is 5.56 Å². The molecule has 5 nitrogen and oxygen atoms in total. The van der Waals surface area contributed by atoms with Gasteiger partial charge in [0.15, 0.2) is 0 Å². The molecule has 0 bridgehead atoms. The van der Waals surface area contributed by atoms with Gasteiger partial charge in [0.1, 0.15) is 6.61 Å². The van der Waals surface area contributed by atoms with E-state index in [9.17, 15) is 9.59 Å². The molecule has 5 heteroatoms. The number of hydrogen-bond donors (Lipinski definition) is 2. The van der Waals surface area contributed by atoms with E-state index in [1.54, 1.807) is 6.92 Å². The van der Waals surface area contributed by atoms with Crippen LogP contribution in [-0.2, 0) is 16.1 Å². The van der Waals surface area contributed by atoms with E-state index in [-0.39, 0.29) is 12.5 Å². The molecule has 0 saturated carbocycles. The first-order valence-corrected chi connectivity index (χ1v) is 4.98. The summed E-state index contributed by atoms with van der Waals surface area (Å²) in [5, 5.41) is 0. The zero-order chi connectivity index (χ0) is 11.8. The van der Waals surface area contributed by atoms with Crippen LogP contribution in [0.4, 0.5) is 4.79 Å². The number of ether oxygens (including phenoxy) is 1. The van der Waals surface area contributed by atoms with Crippen molar-refractivity contribution >= 4 is 12.0 Å². The predicted octanol–water partition coefficient (Wildman–Crippen LogP) is 1.35. The number of hydrazine groups is 1. The summed E-state index contributed by atoms with van der Waals surface area (Å²) in [6, 6.07) is 9.28. The van der Waals surface area contributed by atoms with Crippen molar-refractivity contribution in [3.05, 3.63) is 35.9 Å². The summed E-state index contributed by atoms with van der Waals surface area (Å²) in [6.45, 7) is 1.86. The van der Waals surface area contributed by atoms with E-state index in [2.05, 4.69) is 10.9 Å². The molecule has 0 aliphatic rings. The summed E-state index contributed by atoms with van der Waals surface area (Å²) in [6.07, 6.45) is -0.371. The highest BCUT2D eigenvalue weighted by atomic mass is 16.6. The molecule has 2 N–H and O–H groups in total. The fourth-order valence-corrected chi connectivity index (χ4v) is 0.968. The minimum absolute atomic E-state index is 0.175. The van der Waals surface area contributed by atoms with Crippen molar-refractivity contribution in [2.24, 2.45) is 0 Å². The van der Waals surface area contributed by atoms with Gasteiger partial charge in [-0.2, -0.15) is 0 Å². The van der Waals surface area contributed by atoms with E-state index in [4.69, 9.17) is 4.74 Å². The van der Waals surface area contributed by atoms with Crippen LogP contribution in [0.5, 0.6) is 0 Å². The highest BCUT2D eigenvalue weighted by molar-refractivity contribution is 5.78. The number of amides is 2. The molecule has 0 unspecified atom stereocenters. The Hall–Kier alpha value is -2.04. The molecule has 16 heavy (non-hydrogen) atoms. The van der Waals surface area contributed by atoms with Crippen molar-refractivity contribution in [1.29, 1.82) is 0 Å². The van der Waals surface area contributed by atoms with Gasteiger partial charge in [0, 0.05) is 6.42 Å². The second kappa shape index (κ2) is 6.44. The lowest BCUT2D eigenvalue weighted by Crippen LogP contribution is -2.41. The Labute approximate surface area is 93.8 Å². The number of carbonyl (C=O) groups excluding carboxylic acids is 2. The molecular weight excluding hydrogens is 208 g/mol. The molecule has 0 spiro atoms. The normalized spacial score (nSPS) is 9.31. The maximum atomic E-state index is 11.1. The van der Waals surface area contributed by atoms with Gasteiger partial charge in [0.2, 0.25) is 5.91 Å². The number of carbonyl (C=O) groups is 2. The highest BCUT2D eigenvalue weighted by Crippen LogP contribution is 1.99. The fourth-order valence-electron chi connectivity index (χ4n) is 0.968. The SMILES string of the molecule is CCC(=O)NNC(=O)OCc1ccccc1. The highest BCUT2D eigenvalue weighted by Gasteiger charge is 2.03. The first-order valence-electron chi connectivity index (χ1n) is 4.98. The maximum Gasteiger partial charge on any atom is 0.426 e. The summed E-state index contributed by atoms with van der Waals surface area (Å²) in [7, 11) is 0. The number of nitrogens with one attached hydrogen (secondary N) is 2. The average Bonchev–Trinajstić information content (AvgIpc) is 2.34. The second-order valence-corrected chi connectivity index (χ2v) is 3.09. The second-order valence-electron chi connectivity index (χ2n) is 3.09. The molecule has 1 aromatic rings. The zero-order valence-corrected chi connectivity index (χ0v) is 9.03. The van der Waals surface area contributed by atoms with Crippen LogP contribution in [0.1, 0.15) is 18.9 Å². The lowest BCUT2D eigenvalue weighted by Gasteiger charge is -2.07. The third-order valence-corrected chi connectivity index (χ3v) is 1.84. The molecule has 0 radical (unpaired) electrons. The lowest BCUT2D eigenvalue weighted by molar-refractivity contribution is -0.121. The Morgan fingerprint density at radius 1 is 1.19 bits per heavy atom. The van der Waals surface area contributed by atoms with Crippen LogP contribution in [0.2, 0.25) is 0 Å². The minimum Gasteiger partial charge on any atom is -0.443 e. The summed E-state index contributed by atoms with van der Waals surface area (Å²) >= 11 is 0. The van der Waals surface area contributed by atoms with Crippen molar-refractivity contribution in [2.75, 3.05) is 0 Å². The van der Waals surface area contributed by atoms with E-state index in [0.29, 0.717) is 6.42 Å². The molecule has 0 aliphatic carbocycles. The van der Waals surface area contributed by atoms with Crippen LogP contribution in [0.3, 0.4) is 0 Å². The molecule has 1 aromatic carbocycles. The van der Waals surface area contributed by atoms with Crippen molar-refractivity contribution in [3.8, 4) is 0 Å². The Morgan fingerprint density at radius 2 is 1.88 bits per heavy atom. The average molecular weight is 222 g/mol. The number of rotatable bonds is 3. The quantitative estimate of drug-likeness (QED) is 0.759. The van der Waals surface area contributed by atoms with Gasteiger partial charge >= 0.3 is 6.09 Å². The first-order chi connectivity index (χ1) is 7.72. The number of benzene rings is 1. The van der Waals surface area contributed by atoms with E-state index in [1.165, 1.54) is 0 Å². The zero-order valence-electron chi connectivity index (χ0n) is 9.03. The molecule has 0 fully saturated rings. The van der Waals surface area contributed by atoms with Crippen LogP contribution in [0.15, 0.2) is 30.3 Å². The summed E-state index contributed by atoms with van der Waals surface area (Å²) in [5.41, 5.74) is 5.24. The molecule has 0 atom stereocenters. The first kappa shape index (κ1) is 12.0. The molecular formula is C11H14N2O3. The molecule has 1 rings (SSSR count). The standard InChI is InChI=1S/C11H14N2O3/c1-2-10(14)12-13-11(15)16-8-9-6-4-3-5-7-9/h3-7H,2,8H2,1H3,(H,12,14)(H,13,15). The van der Waals surface area contributed by atoms with Crippen LogP contribution in [0, 0.1) is 0 Å². The molecule has 0 heterocycles. The molecule has 0 saturated heterocycles. The topological polar surface area (TPSA) is 67.4 Å². The minimum atomic E-state index is -0.675. The van der Waals surface area contributed by atoms with Gasteiger partial charge in [-0.25, -0.2) is 10.2 Å². The van der Waals surface area contributed by atoms with Crippen LogP contribution in [0.25, 0.3) is 0 Å². The largest absolute Gasteiger partial charge is 0.443 e. The summed E-state index contributed by atoms with van der Waals surface area (Å²) in [4.78, 5) is 21.9. The van der Waals surface area contributed by atoms with E-state index in [1.807, 2.05) is 30.3 Å². The van der Waals surface area contributed by atoms with Crippen molar-refractivity contribution in [1.82, 2.24) is 10.9 Å². The van der Waals surface area contributed by atoms with Gasteiger partial charge in [-0.05, 0) is 5.56 Å². The molecule has 86 valence electrons. The van der Waals surface area contributed by atoms with Gasteiger partial charge in [0.05, 0.1) is 0 Å². The Balaban J connectivity index is 2.23. The molecule has 0 aromatic heterocycles. The smallest absolute Gasteiger partial charge is 0.426 e. The Morgan fingerprint density at radius 3 is 2.50 bits per heavy atom. The van der Waals surface area contributed by atoms with E-state index >= 15 is 0 Å². The van der Waals surface area contributed by atoms with Gasteiger partial charge in [-0.15, -0.1) is 0 Å². The molecule has 0 aliphatic heterocycles. The summed E-state index contributed by atoms with van der Waals surface area (Å²) < 4.78 is 4.86. The van der Waals surface area contributed by atoms with Gasteiger partial charge in [0.25, 0.3) is 0 Å². The Bertz CT molecular complexity index is 352. The predicted molar refractivity (Wildman–Crippen MR) is 58.2 cm³/mol. The fraction of sp³-hybridized carbons (Fsp3) is 0.273. The lowest BCUT2D eigenvalue weighted by atomic mass is 10.2. The van der Waals surface area contributed by atoms with Crippen LogP contribution >= 0.6 is 0 Å². The van der Waals surface area contributed by atoms with Crippen molar-refractivity contribution in [3.63, 3.8) is 0 Å². The van der Waals surface area contributed by atoms with Crippen LogP contribution in [-0.4, -0.2) is 12.0 Å². The number of hydrogen-bond acceptors (Lipinski definition) is 3. The van der Waals surface area contributed by atoms with E-state index < -0.39 is 6.09 Å². The van der Waals surface area contributed by atoms with Gasteiger partial charge in [-0.3, -0.25) is 10.2 Å². The maximum absolute atomic E-state index is 11.1. The Kier molecular flexibility index (Phi) is 4.85. The van der Waals surface area contributed by atoms with Crippen molar-refractivity contribution in [2.45, 2.75) is 20.0 Å². The van der Waals surface area contributed by atoms with Crippen molar-refractivity contribution < 1.29 is 14.3 Å². The van der Waals surface area contributed by atoms with Crippen LogP contribution < -0.4 is 10.9 Å².